The monoisotopic (exact) mass is 465 g/mol. The van der Waals surface area contributed by atoms with Crippen LogP contribution in [0.1, 0.15) is 38.3 Å². The van der Waals surface area contributed by atoms with Crippen LogP contribution < -0.4 is 11.1 Å². The topological polar surface area (TPSA) is 105 Å². The Hall–Kier alpha value is -4.00. The van der Waals surface area contributed by atoms with E-state index in [9.17, 15) is 14.0 Å². The van der Waals surface area contributed by atoms with Crippen LogP contribution in [0.3, 0.4) is 0 Å². The number of aliphatic carboxylic acids is 1. The Morgan fingerprint density at radius 2 is 1.82 bits per heavy atom. The lowest BCUT2D eigenvalue weighted by atomic mass is 10.0. The molecule has 1 heterocycles. The largest absolute Gasteiger partial charge is 0.481 e. The van der Waals surface area contributed by atoms with Gasteiger partial charge in [-0.1, -0.05) is 49.6 Å². The molecule has 6 nitrogen and oxygen atoms in total. The van der Waals surface area contributed by atoms with E-state index in [-0.39, 0.29) is 12.2 Å². The fraction of sp³-hybridized carbons (Fsp3) is 0.222. The van der Waals surface area contributed by atoms with Crippen molar-refractivity contribution in [3.05, 3.63) is 102 Å². The van der Waals surface area contributed by atoms with Crippen molar-refractivity contribution in [1.82, 2.24) is 4.98 Å². The zero-order chi connectivity index (χ0) is 25.7. The molecular formula is C27H32FN3O3. The average Bonchev–Trinajstić information content (AvgIpc) is 2.80. The van der Waals surface area contributed by atoms with Crippen molar-refractivity contribution in [2.24, 2.45) is 5.73 Å². The summed E-state index contributed by atoms with van der Waals surface area (Å²) in [5.41, 5.74) is 9.99. The zero-order valence-electron chi connectivity index (χ0n) is 19.9. The molecule has 0 unspecified atom stereocenters. The van der Waals surface area contributed by atoms with Crippen molar-refractivity contribution in [2.45, 2.75) is 33.6 Å². The minimum absolute atomic E-state index is 0.136. The normalized spacial score (nSPS) is 11.2. The summed E-state index contributed by atoms with van der Waals surface area (Å²) in [5.74, 6) is -1.11. The molecule has 0 atom stereocenters. The van der Waals surface area contributed by atoms with Gasteiger partial charge in [0.1, 0.15) is 11.6 Å². The summed E-state index contributed by atoms with van der Waals surface area (Å²) in [6.07, 6.45) is 6.16. The molecule has 0 fully saturated rings. The van der Waals surface area contributed by atoms with Gasteiger partial charge < -0.3 is 16.2 Å². The third-order valence-electron chi connectivity index (χ3n) is 4.82. The highest BCUT2D eigenvalue weighted by atomic mass is 19.1. The van der Waals surface area contributed by atoms with Gasteiger partial charge in [0.15, 0.2) is 0 Å². The summed E-state index contributed by atoms with van der Waals surface area (Å²) in [4.78, 5) is 24.9. The third kappa shape index (κ3) is 10.5. The van der Waals surface area contributed by atoms with Crippen molar-refractivity contribution in [3.8, 4) is 0 Å². The van der Waals surface area contributed by atoms with Crippen molar-refractivity contribution in [2.75, 3.05) is 11.9 Å². The van der Waals surface area contributed by atoms with E-state index >= 15 is 0 Å². The van der Waals surface area contributed by atoms with Crippen molar-refractivity contribution in [3.63, 3.8) is 0 Å². The zero-order valence-corrected chi connectivity index (χ0v) is 19.9. The van der Waals surface area contributed by atoms with E-state index in [1.54, 1.807) is 6.92 Å². The minimum Gasteiger partial charge on any atom is -0.481 e. The number of carbonyl (C=O) groups is 2. The maximum atomic E-state index is 13.2. The Balaban J connectivity index is 0.000000620. The molecule has 34 heavy (non-hydrogen) atoms. The Kier molecular flexibility index (Phi) is 11.7. The quantitative estimate of drug-likeness (QED) is 0.326. The lowest BCUT2D eigenvalue weighted by Gasteiger charge is -2.09. The van der Waals surface area contributed by atoms with Crippen LogP contribution in [0.15, 0.2) is 84.6 Å². The van der Waals surface area contributed by atoms with Gasteiger partial charge in [0.25, 0.3) is 0 Å². The molecule has 0 aliphatic rings. The number of primary amides is 1. The Bertz CT molecular complexity index is 1070. The van der Waals surface area contributed by atoms with Gasteiger partial charge in [-0.05, 0) is 61.1 Å². The second-order valence-electron chi connectivity index (χ2n) is 7.62. The number of carboxylic acid groups (broad SMARTS) is 1. The van der Waals surface area contributed by atoms with Gasteiger partial charge in [0.2, 0.25) is 5.91 Å². The van der Waals surface area contributed by atoms with E-state index in [2.05, 4.69) is 29.5 Å². The van der Waals surface area contributed by atoms with Crippen LogP contribution >= 0.6 is 0 Å². The molecule has 7 heteroatoms. The molecule has 1 aromatic carbocycles. The first kappa shape index (κ1) is 28.0. The number of rotatable bonds is 10. The molecular weight excluding hydrogens is 433 g/mol. The number of amides is 1. The predicted molar refractivity (Wildman–Crippen MR) is 136 cm³/mol. The van der Waals surface area contributed by atoms with Crippen LogP contribution in [0, 0.1) is 5.82 Å². The average molecular weight is 466 g/mol. The van der Waals surface area contributed by atoms with Crippen LogP contribution in [0.5, 0.6) is 0 Å². The van der Waals surface area contributed by atoms with Crippen molar-refractivity contribution < 1.29 is 19.1 Å². The maximum absolute atomic E-state index is 13.2. The number of hydrogen-bond acceptors (Lipinski definition) is 4. The molecule has 2 rings (SSSR count). The first-order valence-corrected chi connectivity index (χ1v) is 10.7. The SMILES string of the molecule is C/C=C(\C=C(/C)c1ccc(CCC(=O)O)cc1)CNc1cc(F)ccn1.C=C(C)C(=C)C(N)=O. The number of halogens is 1. The van der Waals surface area contributed by atoms with E-state index in [1.807, 2.05) is 44.2 Å². The second kappa shape index (κ2) is 14.2. The van der Waals surface area contributed by atoms with Gasteiger partial charge in [-0.2, -0.15) is 0 Å². The standard InChI is InChI=1S/C21H23FN2O2.C6H9NO/c1-3-16(14-24-20-13-19(22)10-11-23-20)12-15(2)18-7-4-17(5-8-18)6-9-21(25)26;1-4(2)5(3)6(7)8/h3-5,7-8,10-13H,6,9,14H2,1-2H3,(H,23,24)(H,25,26);1,3H2,2H3,(H2,7,8)/b15-12+,16-3+;. The summed E-state index contributed by atoms with van der Waals surface area (Å²) in [7, 11) is 0. The Morgan fingerprint density at radius 1 is 1.18 bits per heavy atom. The molecule has 0 bridgehead atoms. The number of nitrogens with one attached hydrogen (secondary N) is 1. The number of pyridine rings is 1. The highest BCUT2D eigenvalue weighted by Gasteiger charge is 2.03. The summed E-state index contributed by atoms with van der Waals surface area (Å²) in [6.45, 7) is 13.1. The lowest BCUT2D eigenvalue weighted by molar-refractivity contribution is -0.137. The number of nitrogens with zero attached hydrogens (tertiary/aromatic N) is 1. The van der Waals surface area contributed by atoms with E-state index in [1.165, 1.54) is 18.3 Å². The molecule has 0 saturated heterocycles. The number of carboxylic acids is 1. The van der Waals surface area contributed by atoms with E-state index in [0.29, 0.717) is 29.9 Å². The fourth-order valence-electron chi connectivity index (χ4n) is 2.69. The van der Waals surface area contributed by atoms with Crippen molar-refractivity contribution in [1.29, 1.82) is 0 Å². The van der Waals surface area contributed by atoms with E-state index in [4.69, 9.17) is 10.8 Å². The number of aryl methyl sites for hydroxylation is 1. The molecule has 180 valence electrons. The maximum Gasteiger partial charge on any atom is 0.303 e. The van der Waals surface area contributed by atoms with Crippen LogP contribution in [0.25, 0.3) is 5.57 Å². The first-order valence-electron chi connectivity index (χ1n) is 10.7. The number of allylic oxidation sites excluding steroid dienone is 2. The summed E-state index contributed by atoms with van der Waals surface area (Å²) in [5, 5.41) is 11.9. The molecule has 0 spiro atoms. The molecule has 4 N–H and O–H groups in total. The number of carbonyl (C=O) groups excluding carboxylic acids is 1. The number of aromatic nitrogens is 1. The van der Waals surface area contributed by atoms with Gasteiger partial charge in [0, 0.05) is 30.8 Å². The van der Waals surface area contributed by atoms with Gasteiger partial charge in [0.05, 0.1) is 0 Å². The molecule has 1 amide bonds. The molecule has 0 aliphatic heterocycles. The van der Waals surface area contributed by atoms with Gasteiger partial charge in [-0.15, -0.1) is 0 Å². The summed E-state index contributed by atoms with van der Waals surface area (Å²) in [6, 6.07) is 10.6. The smallest absolute Gasteiger partial charge is 0.303 e. The Morgan fingerprint density at radius 3 is 2.29 bits per heavy atom. The van der Waals surface area contributed by atoms with E-state index < -0.39 is 11.9 Å². The van der Waals surface area contributed by atoms with Gasteiger partial charge >= 0.3 is 5.97 Å². The number of benzene rings is 1. The summed E-state index contributed by atoms with van der Waals surface area (Å²) < 4.78 is 13.2. The van der Waals surface area contributed by atoms with Crippen LogP contribution in [-0.2, 0) is 16.0 Å². The molecule has 2 aromatic rings. The van der Waals surface area contributed by atoms with Crippen molar-refractivity contribution >= 4 is 23.3 Å². The Labute approximate surface area is 200 Å². The second-order valence-corrected chi connectivity index (χ2v) is 7.62. The van der Waals surface area contributed by atoms with Crippen LogP contribution in [0.2, 0.25) is 0 Å². The first-order chi connectivity index (χ1) is 16.0. The number of nitrogens with two attached hydrogens (primary N) is 1. The summed E-state index contributed by atoms with van der Waals surface area (Å²) >= 11 is 0. The minimum atomic E-state index is -0.789. The molecule has 0 saturated carbocycles. The number of anilines is 1. The van der Waals surface area contributed by atoms with Gasteiger partial charge in [-0.25, -0.2) is 9.37 Å². The lowest BCUT2D eigenvalue weighted by Crippen LogP contribution is -2.13. The molecule has 0 radical (unpaired) electrons. The number of hydrogen-bond donors (Lipinski definition) is 3. The molecule has 0 aliphatic carbocycles. The van der Waals surface area contributed by atoms with E-state index in [0.717, 1.165) is 22.3 Å². The third-order valence-corrected chi connectivity index (χ3v) is 4.82. The van der Waals surface area contributed by atoms with Crippen LogP contribution in [-0.4, -0.2) is 28.5 Å². The highest BCUT2D eigenvalue weighted by molar-refractivity contribution is 5.95. The molecule has 1 aromatic heterocycles. The highest BCUT2D eigenvalue weighted by Crippen LogP contribution is 2.18. The fourth-order valence-corrected chi connectivity index (χ4v) is 2.69. The van der Waals surface area contributed by atoms with Gasteiger partial charge in [-0.3, -0.25) is 9.59 Å². The van der Waals surface area contributed by atoms with Crippen LogP contribution in [0.4, 0.5) is 10.2 Å². The predicted octanol–water partition coefficient (Wildman–Crippen LogP) is 5.30.